The van der Waals surface area contributed by atoms with Gasteiger partial charge in [-0.05, 0) is 58.0 Å². The standard InChI is InChI=1S/C22H13F3N6O/c23-22(24,25)19-7-2-1-6-18(19)15-8-10-16(11-9-15)27-21(32)20-28-29-30-31(20)17-5-3-4-14(12-17)13-26/h1-12H,(H,27,32). The molecule has 158 valence electrons. The Bertz CT molecular complexity index is 1320. The molecule has 1 amide bonds. The number of amides is 1. The number of aromatic nitrogens is 4. The maximum atomic E-state index is 13.3. The molecular weight excluding hydrogens is 421 g/mol. The van der Waals surface area contributed by atoms with Gasteiger partial charge in [-0.15, -0.1) is 5.10 Å². The normalized spacial score (nSPS) is 11.1. The number of nitriles is 1. The number of hydrogen-bond acceptors (Lipinski definition) is 5. The van der Waals surface area contributed by atoms with E-state index >= 15 is 0 Å². The van der Waals surface area contributed by atoms with Crippen LogP contribution >= 0.6 is 0 Å². The van der Waals surface area contributed by atoms with Gasteiger partial charge in [-0.25, -0.2) is 0 Å². The maximum absolute atomic E-state index is 13.3. The van der Waals surface area contributed by atoms with Crippen LogP contribution < -0.4 is 5.32 Å². The topological polar surface area (TPSA) is 96.5 Å². The molecule has 10 heteroatoms. The zero-order valence-corrected chi connectivity index (χ0v) is 16.2. The first-order valence-corrected chi connectivity index (χ1v) is 9.24. The minimum atomic E-state index is -4.48. The zero-order valence-electron chi connectivity index (χ0n) is 16.2. The third kappa shape index (κ3) is 4.17. The number of nitrogens with zero attached hydrogens (tertiary/aromatic N) is 5. The van der Waals surface area contributed by atoms with Crippen molar-refractivity contribution in [1.82, 2.24) is 20.2 Å². The molecule has 0 atom stereocenters. The Labute approximate surface area is 179 Å². The van der Waals surface area contributed by atoms with Crippen molar-refractivity contribution in [2.24, 2.45) is 0 Å². The van der Waals surface area contributed by atoms with Crippen molar-refractivity contribution in [1.29, 1.82) is 5.26 Å². The summed E-state index contributed by atoms with van der Waals surface area (Å²) in [6, 6.07) is 19.6. The molecule has 0 radical (unpaired) electrons. The van der Waals surface area contributed by atoms with Crippen molar-refractivity contribution in [2.45, 2.75) is 6.18 Å². The molecule has 0 aliphatic heterocycles. The molecule has 0 unspecified atom stereocenters. The number of alkyl halides is 3. The van der Waals surface area contributed by atoms with Crippen LogP contribution in [-0.4, -0.2) is 26.1 Å². The summed E-state index contributed by atoms with van der Waals surface area (Å²) in [7, 11) is 0. The lowest BCUT2D eigenvalue weighted by Gasteiger charge is -2.13. The van der Waals surface area contributed by atoms with Crippen LogP contribution in [0.1, 0.15) is 21.7 Å². The van der Waals surface area contributed by atoms with E-state index in [4.69, 9.17) is 5.26 Å². The molecule has 0 spiro atoms. The molecule has 4 aromatic rings. The van der Waals surface area contributed by atoms with Gasteiger partial charge in [-0.2, -0.15) is 23.1 Å². The third-order valence-electron chi connectivity index (χ3n) is 4.58. The number of carbonyl (C=O) groups excluding carboxylic acids is 1. The molecule has 4 rings (SSSR count). The van der Waals surface area contributed by atoms with Crippen molar-refractivity contribution < 1.29 is 18.0 Å². The van der Waals surface area contributed by atoms with Gasteiger partial charge in [0.2, 0.25) is 5.82 Å². The summed E-state index contributed by atoms with van der Waals surface area (Å²) in [6.45, 7) is 0. The molecule has 0 aliphatic rings. The van der Waals surface area contributed by atoms with E-state index in [0.29, 0.717) is 22.5 Å². The molecule has 1 N–H and O–H groups in total. The number of carbonyl (C=O) groups is 1. The highest BCUT2D eigenvalue weighted by atomic mass is 19.4. The summed E-state index contributed by atoms with van der Waals surface area (Å²) in [6.07, 6.45) is -4.48. The molecular formula is C22H13F3N6O. The zero-order chi connectivity index (χ0) is 22.7. The quantitative estimate of drug-likeness (QED) is 0.511. The van der Waals surface area contributed by atoms with E-state index in [9.17, 15) is 18.0 Å². The molecule has 1 heterocycles. The molecule has 0 bridgehead atoms. The second-order valence-corrected chi connectivity index (χ2v) is 6.65. The highest BCUT2D eigenvalue weighted by Gasteiger charge is 2.33. The maximum Gasteiger partial charge on any atom is 0.417 e. The Morgan fingerprint density at radius 3 is 2.47 bits per heavy atom. The number of benzene rings is 3. The lowest BCUT2D eigenvalue weighted by atomic mass is 9.99. The van der Waals surface area contributed by atoms with Crippen molar-refractivity contribution in [3.05, 3.63) is 89.7 Å². The van der Waals surface area contributed by atoms with Crippen molar-refractivity contribution >= 4 is 11.6 Å². The van der Waals surface area contributed by atoms with Crippen molar-refractivity contribution in [3.63, 3.8) is 0 Å². The summed E-state index contributed by atoms with van der Waals surface area (Å²) < 4.78 is 41.0. The van der Waals surface area contributed by atoms with E-state index in [2.05, 4.69) is 20.8 Å². The van der Waals surface area contributed by atoms with Gasteiger partial charge >= 0.3 is 6.18 Å². The number of rotatable bonds is 4. The lowest BCUT2D eigenvalue weighted by Crippen LogP contribution is -2.18. The van der Waals surface area contributed by atoms with Crippen molar-refractivity contribution in [2.75, 3.05) is 5.32 Å². The molecule has 0 fully saturated rings. The summed E-state index contributed by atoms with van der Waals surface area (Å²) in [5.41, 5.74) is 0.810. The molecule has 7 nitrogen and oxygen atoms in total. The predicted octanol–water partition coefficient (Wildman–Crippen LogP) is 4.47. The molecule has 0 saturated heterocycles. The van der Waals surface area contributed by atoms with Crippen LogP contribution in [0.5, 0.6) is 0 Å². The fourth-order valence-corrected chi connectivity index (χ4v) is 3.11. The van der Waals surface area contributed by atoms with Gasteiger partial charge in [0.1, 0.15) is 0 Å². The van der Waals surface area contributed by atoms with Crippen LogP contribution in [0.25, 0.3) is 16.8 Å². The Morgan fingerprint density at radius 1 is 1.00 bits per heavy atom. The third-order valence-corrected chi connectivity index (χ3v) is 4.58. The SMILES string of the molecule is N#Cc1cccc(-n2nnnc2C(=O)Nc2ccc(-c3ccccc3C(F)(F)F)cc2)c1. The average Bonchev–Trinajstić information content (AvgIpc) is 3.29. The first-order valence-electron chi connectivity index (χ1n) is 9.24. The summed E-state index contributed by atoms with van der Waals surface area (Å²) in [4.78, 5) is 12.7. The Balaban J connectivity index is 1.57. The molecule has 1 aromatic heterocycles. The van der Waals surface area contributed by atoms with E-state index in [1.54, 1.807) is 18.2 Å². The number of nitrogens with one attached hydrogen (secondary N) is 1. The number of anilines is 1. The first-order chi connectivity index (χ1) is 15.4. The van der Waals surface area contributed by atoms with Gasteiger partial charge in [0, 0.05) is 5.69 Å². The highest BCUT2D eigenvalue weighted by Crippen LogP contribution is 2.37. The van der Waals surface area contributed by atoms with Gasteiger partial charge in [0.15, 0.2) is 0 Å². The lowest BCUT2D eigenvalue weighted by molar-refractivity contribution is -0.137. The predicted molar refractivity (Wildman–Crippen MR) is 109 cm³/mol. The first kappa shape index (κ1) is 20.7. The second kappa shape index (κ2) is 8.31. The molecule has 0 aliphatic carbocycles. The molecule has 3 aromatic carbocycles. The van der Waals surface area contributed by atoms with Gasteiger partial charge in [0.05, 0.1) is 22.9 Å². The highest BCUT2D eigenvalue weighted by molar-refractivity contribution is 6.02. The second-order valence-electron chi connectivity index (χ2n) is 6.65. The number of hydrogen-bond donors (Lipinski definition) is 1. The van der Waals surface area contributed by atoms with Crippen LogP contribution in [0.2, 0.25) is 0 Å². The minimum absolute atomic E-state index is 0.0409. The Kier molecular flexibility index (Phi) is 5.39. The summed E-state index contributed by atoms with van der Waals surface area (Å²) in [5, 5.41) is 22.7. The van der Waals surface area contributed by atoms with Gasteiger partial charge in [-0.3, -0.25) is 4.79 Å². The Morgan fingerprint density at radius 2 is 1.75 bits per heavy atom. The van der Waals surface area contributed by atoms with Crippen LogP contribution in [0.3, 0.4) is 0 Å². The van der Waals surface area contributed by atoms with E-state index in [1.807, 2.05) is 6.07 Å². The van der Waals surface area contributed by atoms with E-state index in [-0.39, 0.29) is 11.4 Å². The monoisotopic (exact) mass is 434 g/mol. The summed E-state index contributed by atoms with van der Waals surface area (Å²) in [5.74, 6) is -0.743. The van der Waals surface area contributed by atoms with E-state index < -0.39 is 17.6 Å². The molecule has 0 saturated carbocycles. The summed E-state index contributed by atoms with van der Waals surface area (Å²) >= 11 is 0. The van der Waals surface area contributed by atoms with E-state index in [1.165, 1.54) is 53.2 Å². The van der Waals surface area contributed by atoms with Gasteiger partial charge < -0.3 is 5.32 Å². The van der Waals surface area contributed by atoms with E-state index in [0.717, 1.165) is 6.07 Å². The number of halogens is 3. The van der Waals surface area contributed by atoms with Crippen molar-refractivity contribution in [3.8, 4) is 22.9 Å². The smallest absolute Gasteiger partial charge is 0.319 e. The fourth-order valence-electron chi connectivity index (χ4n) is 3.11. The minimum Gasteiger partial charge on any atom is -0.319 e. The van der Waals surface area contributed by atoms with Gasteiger partial charge in [0.25, 0.3) is 5.91 Å². The van der Waals surface area contributed by atoms with Crippen LogP contribution in [0, 0.1) is 11.3 Å². The Hall–Kier alpha value is -4.52. The molecule has 32 heavy (non-hydrogen) atoms. The number of tetrazole rings is 1. The van der Waals surface area contributed by atoms with Crippen LogP contribution in [0.15, 0.2) is 72.8 Å². The fraction of sp³-hybridized carbons (Fsp3) is 0.0455. The van der Waals surface area contributed by atoms with Gasteiger partial charge in [-0.1, -0.05) is 36.4 Å². The largest absolute Gasteiger partial charge is 0.417 e. The van der Waals surface area contributed by atoms with Crippen LogP contribution in [-0.2, 0) is 6.18 Å². The van der Waals surface area contributed by atoms with Crippen LogP contribution in [0.4, 0.5) is 18.9 Å². The average molecular weight is 434 g/mol.